The number of aliphatic hydroxyl groups is 1. The first-order valence-corrected chi connectivity index (χ1v) is 8.73. The molecule has 0 saturated carbocycles. The summed E-state index contributed by atoms with van der Waals surface area (Å²) in [7, 11) is 0. The van der Waals surface area contributed by atoms with Gasteiger partial charge < -0.3 is 19.9 Å². The fourth-order valence-corrected chi connectivity index (χ4v) is 2.36. The average Bonchev–Trinajstić information content (AvgIpc) is 2.60. The maximum Gasteiger partial charge on any atom is 0.407 e. The molecule has 2 aromatic rings. The molecule has 26 heavy (non-hydrogen) atoms. The highest BCUT2D eigenvalue weighted by Gasteiger charge is 2.15. The van der Waals surface area contributed by atoms with Gasteiger partial charge in [-0.15, -0.1) is 0 Å². The molecule has 0 radical (unpaired) electrons. The number of carbonyl (C=O) groups excluding carboxylic acids is 1. The molecule has 0 spiro atoms. The summed E-state index contributed by atoms with van der Waals surface area (Å²) in [5, 5.41) is 11.9. The van der Waals surface area contributed by atoms with Crippen molar-refractivity contribution < 1.29 is 19.4 Å². The summed E-state index contributed by atoms with van der Waals surface area (Å²) in [6.07, 6.45) is 0.320. The van der Waals surface area contributed by atoms with E-state index in [-0.39, 0.29) is 6.61 Å². The molecular formula is C21H27NO4. The van der Waals surface area contributed by atoms with Crippen LogP contribution in [0.1, 0.15) is 37.5 Å². The van der Waals surface area contributed by atoms with E-state index in [1.807, 2.05) is 69.3 Å². The van der Waals surface area contributed by atoms with Crippen LogP contribution in [-0.2, 0) is 24.4 Å². The highest BCUT2D eigenvalue weighted by Crippen LogP contribution is 2.15. The Morgan fingerprint density at radius 2 is 1.73 bits per heavy atom. The summed E-state index contributed by atoms with van der Waals surface area (Å²) in [6.45, 7) is 6.51. The molecule has 0 aromatic heterocycles. The Morgan fingerprint density at radius 1 is 1.04 bits per heavy atom. The van der Waals surface area contributed by atoms with Crippen molar-refractivity contribution in [3.05, 3.63) is 65.2 Å². The Kier molecular flexibility index (Phi) is 7.04. The first-order valence-electron chi connectivity index (χ1n) is 8.73. The Labute approximate surface area is 155 Å². The molecule has 0 fully saturated rings. The van der Waals surface area contributed by atoms with Crippen LogP contribution in [0, 0.1) is 0 Å². The highest BCUT2D eigenvalue weighted by atomic mass is 16.6. The lowest BCUT2D eigenvalue weighted by Crippen LogP contribution is -2.33. The zero-order valence-corrected chi connectivity index (χ0v) is 15.6. The van der Waals surface area contributed by atoms with Gasteiger partial charge in [0.15, 0.2) is 0 Å². The van der Waals surface area contributed by atoms with Crippen molar-refractivity contribution in [1.82, 2.24) is 5.32 Å². The van der Waals surface area contributed by atoms with Crippen LogP contribution in [0.3, 0.4) is 0 Å². The summed E-state index contributed by atoms with van der Waals surface area (Å²) in [5.41, 5.74) is 2.51. The van der Waals surface area contributed by atoms with Gasteiger partial charge >= 0.3 is 6.09 Å². The predicted octanol–water partition coefficient (Wildman–Crippen LogP) is 3.83. The minimum Gasteiger partial charge on any atom is -0.489 e. The maximum atomic E-state index is 11.6. The van der Waals surface area contributed by atoms with E-state index in [9.17, 15) is 4.79 Å². The minimum atomic E-state index is -0.486. The van der Waals surface area contributed by atoms with Crippen molar-refractivity contribution in [2.75, 3.05) is 6.54 Å². The number of hydrogen-bond donors (Lipinski definition) is 2. The van der Waals surface area contributed by atoms with Crippen molar-refractivity contribution in [1.29, 1.82) is 0 Å². The van der Waals surface area contributed by atoms with E-state index < -0.39 is 11.7 Å². The van der Waals surface area contributed by atoms with E-state index >= 15 is 0 Å². The number of rotatable bonds is 7. The molecule has 5 nitrogen and oxygen atoms in total. The van der Waals surface area contributed by atoms with Gasteiger partial charge in [-0.3, -0.25) is 0 Å². The van der Waals surface area contributed by atoms with Crippen LogP contribution in [0.25, 0.3) is 0 Å². The Morgan fingerprint density at radius 3 is 2.38 bits per heavy atom. The molecule has 0 atom stereocenters. The number of nitrogens with one attached hydrogen (secondary N) is 1. The molecule has 0 aliphatic heterocycles. The summed E-state index contributed by atoms with van der Waals surface area (Å²) in [5.74, 6) is 0.781. The van der Waals surface area contributed by atoms with Crippen LogP contribution < -0.4 is 10.1 Å². The fraction of sp³-hybridized carbons (Fsp3) is 0.381. The zero-order chi connectivity index (χ0) is 19.0. The normalized spacial score (nSPS) is 11.1. The number of alkyl carbamates (subject to hydrolysis) is 1. The average molecular weight is 357 g/mol. The number of amides is 1. The molecule has 1 amide bonds. The molecule has 2 N–H and O–H groups in total. The number of benzene rings is 2. The first kappa shape index (κ1) is 19.8. The maximum absolute atomic E-state index is 11.6. The van der Waals surface area contributed by atoms with E-state index in [0.717, 1.165) is 28.9 Å². The van der Waals surface area contributed by atoms with Crippen molar-refractivity contribution in [2.24, 2.45) is 0 Å². The van der Waals surface area contributed by atoms with E-state index in [4.69, 9.17) is 14.6 Å². The Hall–Kier alpha value is -2.53. The monoisotopic (exact) mass is 357 g/mol. The second-order valence-corrected chi connectivity index (χ2v) is 7.09. The van der Waals surface area contributed by atoms with E-state index in [2.05, 4.69) is 5.32 Å². The lowest BCUT2D eigenvalue weighted by Gasteiger charge is -2.19. The molecule has 2 rings (SSSR count). The van der Waals surface area contributed by atoms with Gasteiger partial charge in [0.05, 0.1) is 6.61 Å². The fourth-order valence-electron chi connectivity index (χ4n) is 2.36. The van der Waals surface area contributed by atoms with Gasteiger partial charge in [-0.25, -0.2) is 4.79 Å². The van der Waals surface area contributed by atoms with Crippen LogP contribution >= 0.6 is 0 Å². The van der Waals surface area contributed by atoms with Crippen molar-refractivity contribution in [3.8, 4) is 5.75 Å². The van der Waals surface area contributed by atoms with Crippen molar-refractivity contribution in [3.63, 3.8) is 0 Å². The summed E-state index contributed by atoms with van der Waals surface area (Å²) >= 11 is 0. The summed E-state index contributed by atoms with van der Waals surface area (Å²) in [6, 6.07) is 15.5. The van der Waals surface area contributed by atoms with Crippen LogP contribution in [-0.4, -0.2) is 23.3 Å². The minimum absolute atomic E-state index is 0.0276. The van der Waals surface area contributed by atoms with Gasteiger partial charge in [0.1, 0.15) is 18.0 Å². The SMILES string of the molecule is CC(C)(C)OC(=O)NCCc1ccc(OCc2cccc(CO)c2)cc1. The number of aliphatic hydroxyl groups excluding tert-OH is 1. The van der Waals surface area contributed by atoms with Gasteiger partial charge in [-0.2, -0.15) is 0 Å². The standard InChI is InChI=1S/C21H27NO4/c1-21(2,3)26-20(24)22-12-11-16-7-9-19(10-8-16)25-15-18-6-4-5-17(13-18)14-23/h4-10,13,23H,11-12,14-15H2,1-3H3,(H,22,24). The molecule has 0 aliphatic carbocycles. The third-order valence-electron chi connectivity index (χ3n) is 3.58. The predicted molar refractivity (Wildman–Crippen MR) is 101 cm³/mol. The van der Waals surface area contributed by atoms with Crippen LogP contribution in [0.2, 0.25) is 0 Å². The Balaban J connectivity index is 1.76. The molecular weight excluding hydrogens is 330 g/mol. The third-order valence-corrected chi connectivity index (χ3v) is 3.58. The van der Waals surface area contributed by atoms with Gasteiger partial charge in [0.25, 0.3) is 0 Å². The zero-order valence-electron chi connectivity index (χ0n) is 15.6. The number of carbonyl (C=O) groups is 1. The van der Waals surface area contributed by atoms with E-state index in [0.29, 0.717) is 13.2 Å². The lowest BCUT2D eigenvalue weighted by atomic mass is 10.1. The smallest absolute Gasteiger partial charge is 0.407 e. The summed E-state index contributed by atoms with van der Waals surface area (Å²) < 4.78 is 11.0. The molecule has 5 heteroatoms. The van der Waals surface area contributed by atoms with E-state index in [1.165, 1.54) is 0 Å². The topological polar surface area (TPSA) is 67.8 Å². The molecule has 0 heterocycles. The second kappa shape index (κ2) is 9.25. The largest absolute Gasteiger partial charge is 0.489 e. The van der Waals surface area contributed by atoms with E-state index in [1.54, 1.807) is 0 Å². The molecule has 2 aromatic carbocycles. The molecule has 0 bridgehead atoms. The van der Waals surface area contributed by atoms with Crippen LogP contribution in [0.15, 0.2) is 48.5 Å². The lowest BCUT2D eigenvalue weighted by molar-refractivity contribution is 0.0528. The van der Waals surface area contributed by atoms with Crippen LogP contribution in [0.5, 0.6) is 5.75 Å². The van der Waals surface area contributed by atoms with Gasteiger partial charge in [-0.05, 0) is 56.0 Å². The third kappa shape index (κ3) is 7.15. The quantitative estimate of drug-likeness (QED) is 0.790. The first-order chi connectivity index (χ1) is 12.4. The number of ether oxygens (including phenoxy) is 2. The highest BCUT2D eigenvalue weighted by molar-refractivity contribution is 5.67. The summed E-state index contributed by atoms with van der Waals surface area (Å²) in [4.78, 5) is 11.6. The molecule has 0 aliphatic rings. The van der Waals surface area contributed by atoms with Crippen molar-refractivity contribution >= 4 is 6.09 Å². The molecule has 140 valence electrons. The molecule has 0 saturated heterocycles. The van der Waals surface area contributed by atoms with Gasteiger partial charge in [0.2, 0.25) is 0 Å². The molecule has 0 unspecified atom stereocenters. The second-order valence-electron chi connectivity index (χ2n) is 7.09. The van der Waals surface area contributed by atoms with Gasteiger partial charge in [-0.1, -0.05) is 36.4 Å². The van der Waals surface area contributed by atoms with Crippen LogP contribution in [0.4, 0.5) is 4.79 Å². The van der Waals surface area contributed by atoms with Gasteiger partial charge in [0, 0.05) is 6.54 Å². The number of hydrogen-bond acceptors (Lipinski definition) is 4. The Bertz CT molecular complexity index is 705. The van der Waals surface area contributed by atoms with Crippen molar-refractivity contribution in [2.45, 2.75) is 46.0 Å².